The van der Waals surface area contributed by atoms with Crippen molar-refractivity contribution in [1.29, 1.82) is 0 Å². The van der Waals surface area contributed by atoms with Crippen LogP contribution >= 0.6 is 11.6 Å². The number of nitrogens with two attached hydrogens (primary N) is 1. The van der Waals surface area contributed by atoms with Crippen LogP contribution in [0.1, 0.15) is 36.8 Å². The number of fused-ring (bicyclic) bond motifs is 1. The molecule has 0 aliphatic heterocycles. The van der Waals surface area contributed by atoms with E-state index in [1.807, 2.05) is 36.5 Å². The number of rotatable bonds is 5. The van der Waals surface area contributed by atoms with Crippen molar-refractivity contribution in [2.45, 2.75) is 45.5 Å². The fourth-order valence-corrected chi connectivity index (χ4v) is 3.90. The van der Waals surface area contributed by atoms with Gasteiger partial charge in [0.05, 0.1) is 28.4 Å². The quantitative estimate of drug-likeness (QED) is 0.539. The third-order valence-electron chi connectivity index (χ3n) is 5.61. The SMILES string of the molecule is CC(C)(C)[Si](C)(C)OCc1ccc(-c2ccc3ncc(C(N)=O)c(Cl)c3c2)cn1. The van der Waals surface area contributed by atoms with E-state index in [1.165, 1.54) is 6.20 Å². The standard InChI is InChI=1S/C22H26ClN3O2Si/c1-22(2,3)29(4,5)28-13-16-8-6-15(11-25-16)14-7-9-19-17(10-14)20(23)18(12-26-19)21(24)27/h6-12H,13H2,1-5H3,(H2,24,27). The van der Waals surface area contributed by atoms with E-state index >= 15 is 0 Å². The Hall–Kier alpha value is -2.28. The summed E-state index contributed by atoms with van der Waals surface area (Å²) in [7, 11) is -1.82. The van der Waals surface area contributed by atoms with E-state index in [2.05, 4.69) is 43.8 Å². The van der Waals surface area contributed by atoms with Crippen molar-refractivity contribution in [2.24, 2.45) is 5.73 Å². The van der Waals surface area contributed by atoms with Crippen molar-refractivity contribution >= 4 is 36.7 Å². The van der Waals surface area contributed by atoms with Gasteiger partial charge in [-0.05, 0) is 41.9 Å². The molecule has 1 amide bonds. The molecule has 3 rings (SSSR count). The van der Waals surface area contributed by atoms with Gasteiger partial charge in [0.15, 0.2) is 8.32 Å². The van der Waals surface area contributed by atoms with Gasteiger partial charge >= 0.3 is 0 Å². The molecule has 0 spiro atoms. The number of pyridine rings is 2. The molecule has 2 aromatic heterocycles. The lowest BCUT2D eigenvalue weighted by molar-refractivity contribution is 0.1000. The average Bonchev–Trinajstić information content (AvgIpc) is 2.66. The molecule has 0 fully saturated rings. The molecule has 152 valence electrons. The molecular formula is C22H26ClN3O2Si. The van der Waals surface area contributed by atoms with Crippen molar-refractivity contribution in [2.75, 3.05) is 0 Å². The maximum absolute atomic E-state index is 11.5. The highest BCUT2D eigenvalue weighted by molar-refractivity contribution is 6.74. The Balaban J connectivity index is 1.85. The largest absolute Gasteiger partial charge is 0.411 e. The van der Waals surface area contributed by atoms with Gasteiger partial charge in [-0.2, -0.15) is 0 Å². The first-order chi connectivity index (χ1) is 13.5. The molecule has 1 aromatic carbocycles. The number of nitrogens with zero attached hydrogens (tertiary/aromatic N) is 2. The normalized spacial score (nSPS) is 12.3. The summed E-state index contributed by atoms with van der Waals surface area (Å²) in [5, 5.41) is 1.16. The first-order valence-electron chi connectivity index (χ1n) is 9.47. The van der Waals surface area contributed by atoms with Gasteiger partial charge in [-0.3, -0.25) is 14.8 Å². The number of hydrogen-bond donors (Lipinski definition) is 1. The summed E-state index contributed by atoms with van der Waals surface area (Å²) in [4.78, 5) is 20.4. The van der Waals surface area contributed by atoms with E-state index in [-0.39, 0.29) is 10.6 Å². The Kier molecular flexibility index (Phi) is 5.81. The highest BCUT2D eigenvalue weighted by atomic mass is 35.5. The minimum Gasteiger partial charge on any atom is -0.411 e. The van der Waals surface area contributed by atoms with E-state index in [1.54, 1.807) is 0 Å². The number of carbonyl (C=O) groups excluding carboxylic acids is 1. The van der Waals surface area contributed by atoms with Crippen LogP contribution < -0.4 is 5.73 Å². The van der Waals surface area contributed by atoms with Gasteiger partial charge in [0, 0.05) is 23.3 Å². The summed E-state index contributed by atoms with van der Waals surface area (Å²) >= 11 is 6.37. The second-order valence-electron chi connectivity index (χ2n) is 8.67. The molecule has 0 unspecified atom stereocenters. The van der Waals surface area contributed by atoms with E-state index in [9.17, 15) is 4.79 Å². The predicted octanol–water partition coefficient (Wildman–Crippen LogP) is 5.57. The van der Waals surface area contributed by atoms with Crippen LogP contribution in [-0.2, 0) is 11.0 Å². The molecule has 0 aliphatic carbocycles. The highest BCUT2D eigenvalue weighted by Gasteiger charge is 2.37. The van der Waals surface area contributed by atoms with Gasteiger partial charge in [0.2, 0.25) is 0 Å². The molecular weight excluding hydrogens is 402 g/mol. The smallest absolute Gasteiger partial charge is 0.251 e. The lowest BCUT2D eigenvalue weighted by atomic mass is 10.0. The molecule has 2 heterocycles. The van der Waals surface area contributed by atoms with Gasteiger partial charge in [0.25, 0.3) is 5.91 Å². The minimum absolute atomic E-state index is 0.162. The summed E-state index contributed by atoms with van der Waals surface area (Å²) in [6, 6.07) is 9.72. The summed E-state index contributed by atoms with van der Waals surface area (Å²) in [6.45, 7) is 11.6. The summed E-state index contributed by atoms with van der Waals surface area (Å²) < 4.78 is 6.24. The zero-order valence-corrected chi connectivity index (χ0v) is 19.2. The number of aromatic nitrogens is 2. The molecule has 0 saturated heterocycles. The minimum atomic E-state index is -1.82. The number of primary amides is 1. The molecule has 0 aliphatic rings. The van der Waals surface area contributed by atoms with E-state index in [0.29, 0.717) is 22.5 Å². The lowest BCUT2D eigenvalue weighted by Crippen LogP contribution is -2.40. The zero-order valence-electron chi connectivity index (χ0n) is 17.4. The Morgan fingerprint density at radius 1 is 1.10 bits per heavy atom. The molecule has 2 N–H and O–H groups in total. The van der Waals surface area contributed by atoms with E-state index < -0.39 is 14.2 Å². The van der Waals surface area contributed by atoms with Crippen molar-refractivity contribution in [3.8, 4) is 11.1 Å². The maximum atomic E-state index is 11.5. The third kappa shape index (κ3) is 4.50. The van der Waals surface area contributed by atoms with E-state index in [0.717, 1.165) is 16.8 Å². The maximum Gasteiger partial charge on any atom is 0.251 e. The van der Waals surface area contributed by atoms with Gasteiger partial charge in [0.1, 0.15) is 0 Å². The van der Waals surface area contributed by atoms with Gasteiger partial charge in [-0.1, -0.05) is 44.5 Å². The number of halogens is 1. The molecule has 0 bridgehead atoms. The Morgan fingerprint density at radius 2 is 1.79 bits per heavy atom. The Morgan fingerprint density at radius 3 is 2.38 bits per heavy atom. The first kappa shape index (κ1) is 21.4. The number of carbonyl (C=O) groups is 1. The van der Waals surface area contributed by atoms with Gasteiger partial charge in [-0.25, -0.2) is 0 Å². The Labute approximate surface area is 177 Å². The van der Waals surface area contributed by atoms with Gasteiger partial charge in [-0.15, -0.1) is 0 Å². The molecule has 0 atom stereocenters. The Bertz CT molecular complexity index is 1060. The monoisotopic (exact) mass is 427 g/mol. The number of amides is 1. The highest BCUT2D eigenvalue weighted by Crippen LogP contribution is 2.37. The predicted molar refractivity (Wildman–Crippen MR) is 120 cm³/mol. The molecule has 7 heteroatoms. The van der Waals surface area contributed by atoms with Crippen LogP contribution in [0.5, 0.6) is 0 Å². The van der Waals surface area contributed by atoms with Gasteiger partial charge < -0.3 is 10.2 Å². The van der Waals surface area contributed by atoms with Crippen LogP contribution in [0.15, 0.2) is 42.7 Å². The molecule has 3 aromatic rings. The van der Waals surface area contributed by atoms with Crippen LogP contribution in [0.2, 0.25) is 23.2 Å². The first-order valence-corrected chi connectivity index (χ1v) is 12.8. The average molecular weight is 428 g/mol. The van der Waals surface area contributed by atoms with Crippen LogP contribution in [-0.4, -0.2) is 24.2 Å². The van der Waals surface area contributed by atoms with Crippen molar-refractivity contribution in [3.63, 3.8) is 0 Å². The molecule has 29 heavy (non-hydrogen) atoms. The summed E-state index contributed by atoms with van der Waals surface area (Å²) in [6.07, 6.45) is 3.23. The van der Waals surface area contributed by atoms with Crippen molar-refractivity contribution < 1.29 is 9.22 Å². The number of benzene rings is 1. The van der Waals surface area contributed by atoms with E-state index in [4.69, 9.17) is 21.8 Å². The second kappa shape index (κ2) is 7.86. The fourth-order valence-electron chi connectivity index (χ4n) is 2.66. The third-order valence-corrected chi connectivity index (χ3v) is 10.5. The summed E-state index contributed by atoms with van der Waals surface area (Å²) in [5.74, 6) is -0.595. The van der Waals surface area contributed by atoms with Crippen molar-refractivity contribution in [3.05, 3.63) is 59.0 Å². The molecule has 5 nitrogen and oxygen atoms in total. The zero-order chi connectivity index (χ0) is 21.4. The van der Waals surface area contributed by atoms with Crippen LogP contribution in [0.3, 0.4) is 0 Å². The number of hydrogen-bond acceptors (Lipinski definition) is 4. The second-order valence-corrected chi connectivity index (χ2v) is 13.9. The molecule has 0 saturated carbocycles. The topological polar surface area (TPSA) is 78.1 Å². The van der Waals surface area contributed by atoms with Crippen LogP contribution in [0, 0.1) is 0 Å². The van der Waals surface area contributed by atoms with Crippen molar-refractivity contribution in [1.82, 2.24) is 9.97 Å². The van der Waals surface area contributed by atoms with Crippen LogP contribution in [0.4, 0.5) is 0 Å². The van der Waals surface area contributed by atoms with Crippen LogP contribution in [0.25, 0.3) is 22.0 Å². The molecule has 0 radical (unpaired) electrons. The fraction of sp³-hybridized carbons (Fsp3) is 0.318. The summed E-state index contributed by atoms with van der Waals surface area (Å²) in [5.41, 5.74) is 9.08. The lowest BCUT2D eigenvalue weighted by Gasteiger charge is -2.36.